The molecule has 0 amide bonds. The Morgan fingerprint density at radius 1 is 1.78 bits per heavy atom. The minimum Gasteiger partial charge on any atom is -0.322 e. The van der Waals surface area contributed by atoms with Gasteiger partial charge in [0.15, 0.2) is 0 Å². The Morgan fingerprint density at radius 2 is 2.33 bits per heavy atom. The lowest BCUT2D eigenvalue weighted by Gasteiger charge is -2.05. The van der Waals surface area contributed by atoms with Gasteiger partial charge in [-0.15, -0.1) is 0 Å². The van der Waals surface area contributed by atoms with Crippen LogP contribution in [0.3, 0.4) is 0 Å². The van der Waals surface area contributed by atoms with Gasteiger partial charge in [0.25, 0.3) is 0 Å². The summed E-state index contributed by atoms with van der Waals surface area (Å²) in [6.45, 7) is 5.43. The molecule has 1 atom stereocenters. The predicted molar refractivity (Wildman–Crippen MR) is 37.9 cm³/mol. The molecule has 0 spiro atoms. The molecule has 0 saturated heterocycles. The van der Waals surface area contributed by atoms with Gasteiger partial charge in [0, 0.05) is 6.42 Å². The second-order valence-corrected chi connectivity index (χ2v) is 2.07. The van der Waals surface area contributed by atoms with E-state index in [0.29, 0.717) is 12.8 Å². The van der Waals surface area contributed by atoms with Crippen molar-refractivity contribution >= 4 is 5.78 Å². The monoisotopic (exact) mass is 128 g/mol. The molecule has 0 saturated carbocycles. The summed E-state index contributed by atoms with van der Waals surface area (Å²) in [5.41, 5.74) is 5.45. The van der Waals surface area contributed by atoms with Crippen molar-refractivity contribution in [2.24, 2.45) is 5.73 Å². The minimum absolute atomic E-state index is 0.138. The summed E-state index contributed by atoms with van der Waals surface area (Å²) in [4.78, 5) is 10.7. The third-order valence-electron chi connectivity index (χ3n) is 1.28. The molecule has 53 valence electrons. The van der Waals surface area contributed by atoms with E-state index in [0.717, 1.165) is 6.42 Å². The van der Waals surface area contributed by atoms with Gasteiger partial charge in [-0.2, -0.15) is 0 Å². The second kappa shape index (κ2) is 4.50. The second-order valence-electron chi connectivity index (χ2n) is 2.07. The fourth-order valence-electron chi connectivity index (χ4n) is 0.643. The first kappa shape index (κ1) is 8.63. The lowest BCUT2D eigenvalue weighted by molar-refractivity contribution is -0.120. The van der Waals surface area contributed by atoms with Crippen molar-refractivity contribution in [2.45, 2.75) is 32.2 Å². The van der Waals surface area contributed by atoms with Crippen LogP contribution in [0.1, 0.15) is 26.2 Å². The molecule has 9 heavy (non-hydrogen) atoms. The van der Waals surface area contributed by atoms with Crippen LogP contribution in [-0.2, 0) is 4.79 Å². The molecule has 2 heteroatoms. The molecule has 0 heterocycles. The Bertz CT molecular complexity index is 90.9. The van der Waals surface area contributed by atoms with Gasteiger partial charge >= 0.3 is 0 Å². The molecule has 0 rings (SSSR count). The quantitative estimate of drug-likeness (QED) is 0.611. The Labute approximate surface area is 56.4 Å². The number of carbonyl (C=O) groups is 1. The number of rotatable bonds is 4. The third kappa shape index (κ3) is 3.25. The maximum Gasteiger partial charge on any atom is 0.149 e. The van der Waals surface area contributed by atoms with Gasteiger partial charge in [-0.1, -0.05) is 20.3 Å². The van der Waals surface area contributed by atoms with Gasteiger partial charge in [0.1, 0.15) is 5.78 Å². The summed E-state index contributed by atoms with van der Waals surface area (Å²) in [5.74, 6) is 0.138. The molecule has 0 aliphatic carbocycles. The smallest absolute Gasteiger partial charge is 0.149 e. The highest BCUT2D eigenvalue weighted by Gasteiger charge is 2.08. The molecular formula is C7H14NO. The molecule has 0 aromatic heterocycles. The molecule has 2 nitrogen and oxygen atoms in total. The van der Waals surface area contributed by atoms with Gasteiger partial charge in [-0.05, 0) is 6.42 Å². The van der Waals surface area contributed by atoms with E-state index < -0.39 is 0 Å². The fraction of sp³-hybridized carbons (Fsp3) is 0.714. The Hall–Kier alpha value is -0.370. The molecule has 0 aliphatic rings. The van der Waals surface area contributed by atoms with E-state index in [-0.39, 0.29) is 11.8 Å². The van der Waals surface area contributed by atoms with Crippen molar-refractivity contribution in [1.29, 1.82) is 0 Å². The molecular weight excluding hydrogens is 114 g/mol. The van der Waals surface area contributed by atoms with Gasteiger partial charge in [0.2, 0.25) is 0 Å². The van der Waals surface area contributed by atoms with Crippen LogP contribution < -0.4 is 5.73 Å². The topological polar surface area (TPSA) is 43.1 Å². The van der Waals surface area contributed by atoms with Crippen molar-refractivity contribution in [3.05, 3.63) is 6.92 Å². The molecule has 0 aromatic rings. The van der Waals surface area contributed by atoms with Crippen LogP contribution in [0.15, 0.2) is 0 Å². The van der Waals surface area contributed by atoms with Crippen LogP contribution in [0.2, 0.25) is 0 Å². The lowest BCUT2D eigenvalue weighted by Crippen LogP contribution is -2.29. The average Bonchev–Trinajstić information content (AvgIpc) is 1.87. The molecule has 0 aromatic carbocycles. The highest BCUT2D eigenvalue weighted by atomic mass is 16.1. The SMILES string of the molecule is [CH2]CCC(N)C(=O)CC. The van der Waals surface area contributed by atoms with Crippen LogP contribution in [0.5, 0.6) is 0 Å². The number of carbonyl (C=O) groups excluding carboxylic acids is 1. The van der Waals surface area contributed by atoms with E-state index in [4.69, 9.17) is 5.73 Å². The first-order valence-corrected chi connectivity index (χ1v) is 3.30. The zero-order chi connectivity index (χ0) is 7.28. The Balaban J connectivity index is 3.45. The summed E-state index contributed by atoms with van der Waals surface area (Å²) in [7, 11) is 0. The highest BCUT2D eigenvalue weighted by molar-refractivity contribution is 5.83. The van der Waals surface area contributed by atoms with E-state index in [1.807, 2.05) is 6.92 Å². The van der Waals surface area contributed by atoms with E-state index in [1.165, 1.54) is 0 Å². The van der Waals surface area contributed by atoms with Crippen molar-refractivity contribution < 1.29 is 4.79 Å². The number of hydrogen-bond donors (Lipinski definition) is 1. The first-order chi connectivity index (χ1) is 4.22. The highest BCUT2D eigenvalue weighted by Crippen LogP contribution is 1.96. The van der Waals surface area contributed by atoms with E-state index in [2.05, 4.69) is 6.92 Å². The van der Waals surface area contributed by atoms with Gasteiger partial charge in [-0.25, -0.2) is 0 Å². The van der Waals surface area contributed by atoms with Crippen molar-refractivity contribution in [3.63, 3.8) is 0 Å². The van der Waals surface area contributed by atoms with Crippen LogP contribution in [0.4, 0.5) is 0 Å². The third-order valence-corrected chi connectivity index (χ3v) is 1.28. The maximum atomic E-state index is 10.7. The van der Waals surface area contributed by atoms with Crippen LogP contribution in [0, 0.1) is 6.92 Å². The summed E-state index contributed by atoms with van der Waals surface area (Å²) in [5, 5.41) is 0. The first-order valence-electron chi connectivity index (χ1n) is 3.30. The van der Waals surface area contributed by atoms with Crippen LogP contribution in [0.25, 0.3) is 0 Å². The molecule has 0 bridgehead atoms. The van der Waals surface area contributed by atoms with Gasteiger partial charge in [-0.3, -0.25) is 4.79 Å². The molecule has 1 unspecified atom stereocenters. The van der Waals surface area contributed by atoms with Crippen molar-refractivity contribution in [1.82, 2.24) is 0 Å². The number of Topliss-reactive ketones (excluding diaryl/α,β-unsaturated/α-hetero) is 1. The number of nitrogens with two attached hydrogens (primary N) is 1. The van der Waals surface area contributed by atoms with Crippen LogP contribution in [-0.4, -0.2) is 11.8 Å². The predicted octanol–water partition coefficient (Wildman–Crippen LogP) is 0.907. The maximum absolute atomic E-state index is 10.7. The molecule has 1 radical (unpaired) electrons. The zero-order valence-corrected chi connectivity index (χ0v) is 5.89. The lowest BCUT2D eigenvalue weighted by atomic mass is 10.1. The molecule has 0 aliphatic heterocycles. The number of ketones is 1. The molecule has 2 N–H and O–H groups in total. The van der Waals surface area contributed by atoms with E-state index in [1.54, 1.807) is 0 Å². The Kier molecular flexibility index (Phi) is 4.32. The summed E-state index contributed by atoms with van der Waals surface area (Å²) in [6.07, 6.45) is 2.00. The fourth-order valence-corrected chi connectivity index (χ4v) is 0.643. The number of hydrogen-bond acceptors (Lipinski definition) is 2. The standard InChI is InChI=1S/C7H14NO/c1-3-5-6(8)7(9)4-2/h6H,1,3-5,8H2,2H3. The van der Waals surface area contributed by atoms with E-state index in [9.17, 15) is 4.79 Å². The zero-order valence-electron chi connectivity index (χ0n) is 5.89. The summed E-state index contributed by atoms with van der Waals surface area (Å²) in [6, 6.07) is -0.271. The summed E-state index contributed by atoms with van der Waals surface area (Å²) < 4.78 is 0. The molecule has 0 fully saturated rings. The van der Waals surface area contributed by atoms with Gasteiger partial charge in [0.05, 0.1) is 6.04 Å². The van der Waals surface area contributed by atoms with Crippen molar-refractivity contribution in [2.75, 3.05) is 0 Å². The van der Waals surface area contributed by atoms with Crippen LogP contribution >= 0.6 is 0 Å². The minimum atomic E-state index is -0.271. The average molecular weight is 128 g/mol. The largest absolute Gasteiger partial charge is 0.322 e. The van der Waals surface area contributed by atoms with E-state index >= 15 is 0 Å². The van der Waals surface area contributed by atoms with Crippen molar-refractivity contribution in [3.8, 4) is 0 Å². The van der Waals surface area contributed by atoms with Gasteiger partial charge < -0.3 is 5.73 Å². The normalized spacial score (nSPS) is 13.2. The Morgan fingerprint density at radius 3 is 2.67 bits per heavy atom. The summed E-state index contributed by atoms with van der Waals surface area (Å²) >= 11 is 0.